The number of hydrogen-bond donors (Lipinski definition) is 3. The van der Waals surface area contributed by atoms with Gasteiger partial charge in [-0.2, -0.15) is 0 Å². The minimum Gasteiger partial charge on any atom is -0.393 e. The maximum absolute atomic E-state index is 11.4. The molecule has 0 aliphatic rings. The Morgan fingerprint density at radius 2 is 1.29 bits per heavy atom. The van der Waals surface area contributed by atoms with Gasteiger partial charge in [-0.1, -0.05) is 0 Å². The third-order valence-electron chi connectivity index (χ3n) is 2.54. The van der Waals surface area contributed by atoms with Crippen LogP contribution in [-0.2, 0) is 19.2 Å². The Labute approximate surface area is 97.1 Å². The van der Waals surface area contributed by atoms with Crippen molar-refractivity contribution in [2.45, 2.75) is 32.0 Å². The fourth-order valence-corrected chi connectivity index (χ4v) is 1.47. The highest BCUT2D eigenvalue weighted by molar-refractivity contribution is 6.41. The zero-order valence-electron chi connectivity index (χ0n) is 9.68. The van der Waals surface area contributed by atoms with Crippen molar-refractivity contribution in [3.05, 3.63) is 0 Å². The van der Waals surface area contributed by atoms with Gasteiger partial charge in [0.15, 0.2) is 23.0 Å². The number of hydrogen-bond acceptors (Lipinski definition) is 7. The van der Waals surface area contributed by atoms with E-state index in [2.05, 4.69) is 0 Å². The third-order valence-corrected chi connectivity index (χ3v) is 2.54. The fraction of sp³-hybridized carbons (Fsp3) is 0.600. The van der Waals surface area contributed by atoms with Crippen LogP contribution in [0.3, 0.4) is 0 Å². The van der Waals surface area contributed by atoms with E-state index >= 15 is 0 Å². The average Bonchev–Trinajstić information content (AvgIpc) is 2.24. The monoisotopic (exact) mass is 246 g/mol. The Bertz CT molecular complexity index is 370. The lowest BCUT2D eigenvalue weighted by Crippen LogP contribution is -2.69. The first kappa shape index (κ1) is 15.6. The highest BCUT2D eigenvalue weighted by Crippen LogP contribution is 2.26. The molecule has 0 saturated carbocycles. The number of carbonyl (C=O) groups excluding carboxylic acids is 4. The van der Waals surface area contributed by atoms with Crippen LogP contribution in [0.4, 0.5) is 0 Å². The van der Waals surface area contributed by atoms with Crippen LogP contribution in [0.25, 0.3) is 0 Å². The van der Waals surface area contributed by atoms with Gasteiger partial charge in [0.25, 0.3) is 0 Å². The summed E-state index contributed by atoms with van der Waals surface area (Å²) in [5, 5.41) is 28.6. The number of carbonyl (C=O) groups is 4. The number of rotatable bonds is 6. The summed E-state index contributed by atoms with van der Waals surface area (Å²) >= 11 is 0. The maximum Gasteiger partial charge on any atom is 0.235 e. The van der Waals surface area contributed by atoms with Crippen molar-refractivity contribution >= 4 is 23.1 Å². The number of aliphatic hydroxyl groups is 3. The van der Waals surface area contributed by atoms with E-state index in [-0.39, 0.29) is 0 Å². The molecule has 0 aromatic heterocycles. The van der Waals surface area contributed by atoms with Crippen LogP contribution in [0, 0.1) is 0 Å². The molecule has 7 nitrogen and oxygen atoms in total. The van der Waals surface area contributed by atoms with Crippen LogP contribution < -0.4 is 0 Å². The minimum atomic E-state index is -3.16. The van der Waals surface area contributed by atoms with Crippen molar-refractivity contribution in [1.82, 2.24) is 0 Å². The maximum atomic E-state index is 11.4. The molecule has 0 bridgehead atoms. The zero-order chi connectivity index (χ0) is 14.0. The molecule has 17 heavy (non-hydrogen) atoms. The summed E-state index contributed by atoms with van der Waals surface area (Å²) in [5.74, 6) is -5.28. The quantitative estimate of drug-likeness (QED) is 0.357. The lowest BCUT2D eigenvalue weighted by Gasteiger charge is -2.36. The van der Waals surface area contributed by atoms with Gasteiger partial charge in [-0.3, -0.25) is 19.2 Å². The Hall–Kier alpha value is -1.44. The standard InChI is InChI=1S/C10H14O7/c1-5(12)8(15)9(16,4-11)10(17,6(2)13)7(3)14/h11,16-17H,4H2,1-3H3. The minimum absolute atomic E-state index is 0.759. The van der Waals surface area contributed by atoms with Gasteiger partial charge < -0.3 is 15.3 Å². The number of ketones is 4. The Balaban J connectivity index is 5.95. The molecule has 1 unspecified atom stereocenters. The van der Waals surface area contributed by atoms with Crippen molar-refractivity contribution in [1.29, 1.82) is 0 Å². The first-order valence-corrected chi connectivity index (χ1v) is 4.68. The molecule has 1 atom stereocenters. The van der Waals surface area contributed by atoms with E-state index in [1.54, 1.807) is 0 Å². The molecule has 0 heterocycles. The van der Waals surface area contributed by atoms with Crippen LogP contribution in [0.15, 0.2) is 0 Å². The van der Waals surface area contributed by atoms with E-state index < -0.39 is 40.9 Å². The lowest BCUT2D eigenvalue weighted by molar-refractivity contribution is -0.192. The van der Waals surface area contributed by atoms with E-state index in [0.717, 1.165) is 20.8 Å². The summed E-state index contributed by atoms with van der Waals surface area (Å²) in [5.41, 5.74) is -6.29. The van der Waals surface area contributed by atoms with E-state index in [1.807, 2.05) is 0 Å². The van der Waals surface area contributed by atoms with Gasteiger partial charge in [0.2, 0.25) is 11.4 Å². The topological polar surface area (TPSA) is 129 Å². The van der Waals surface area contributed by atoms with Crippen LogP contribution >= 0.6 is 0 Å². The van der Waals surface area contributed by atoms with Gasteiger partial charge in [0.1, 0.15) is 0 Å². The van der Waals surface area contributed by atoms with Crippen LogP contribution in [0.2, 0.25) is 0 Å². The van der Waals surface area contributed by atoms with Crippen molar-refractivity contribution in [3.8, 4) is 0 Å². The van der Waals surface area contributed by atoms with Gasteiger partial charge >= 0.3 is 0 Å². The van der Waals surface area contributed by atoms with Crippen LogP contribution in [0.1, 0.15) is 20.8 Å². The van der Waals surface area contributed by atoms with Crippen molar-refractivity contribution in [2.24, 2.45) is 0 Å². The Morgan fingerprint density at radius 1 is 0.941 bits per heavy atom. The molecule has 0 aliphatic heterocycles. The summed E-state index contributed by atoms with van der Waals surface area (Å²) in [6.07, 6.45) is 0. The average molecular weight is 246 g/mol. The van der Waals surface area contributed by atoms with Gasteiger partial charge in [-0.05, 0) is 13.8 Å². The van der Waals surface area contributed by atoms with E-state index in [0.29, 0.717) is 0 Å². The molecule has 3 N–H and O–H groups in total. The first-order valence-electron chi connectivity index (χ1n) is 4.68. The highest BCUT2D eigenvalue weighted by Gasteiger charge is 2.61. The molecular weight excluding hydrogens is 232 g/mol. The van der Waals surface area contributed by atoms with E-state index in [9.17, 15) is 29.4 Å². The lowest BCUT2D eigenvalue weighted by atomic mass is 9.74. The van der Waals surface area contributed by atoms with Crippen molar-refractivity contribution in [2.75, 3.05) is 6.61 Å². The number of Topliss-reactive ketones (excluding diaryl/α,β-unsaturated/α-hetero) is 4. The predicted octanol–water partition coefficient (Wildman–Crippen LogP) is -2.22. The van der Waals surface area contributed by atoms with Gasteiger partial charge in [-0.25, -0.2) is 0 Å². The molecule has 0 rings (SSSR count). The van der Waals surface area contributed by atoms with E-state index in [4.69, 9.17) is 5.11 Å². The largest absolute Gasteiger partial charge is 0.393 e. The smallest absolute Gasteiger partial charge is 0.235 e. The zero-order valence-corrected chi connectivity index (χ0v) is 9.68. The molecule has 0 aromatic rings. The normalized spacial score (nSPS) is 14.9. The van der Waals surface area contributed by atoms with Gasteiger partial charge in [0.05, 0.1) is 6.61 Å². The van der Waals surface area contributed by atoms with Gasteiger partial charge in [-0.15, -0.1) is 0 Å². The SMILES string of the molecule is CC(=O)C(=O)C(O)(CO)C(O)(C(C)=O)C(C)=O. The van der Waals surface area contributed by atoms with Crippen molar-refractivity contribution in [3.63, 3.8) is 0 Å². The molecule has 7 heteroatoms. The van der Waals surface area contributed by atoms with Crippen molar-refractivity contribution < 1.29 is 34.5 Å². The number of aliphatic hydroxyl groups excluding tert-OH is 1. The highest BCUT2D eigenvalue weighted by atomic mass is 16.4. The van der Waals surface area contributed by atoms with Crippen LogP contribution in [0.5, 0.6) is 0 Å². The second kappa shape index (κ2) is 4.82. The summed E-state index contributed by atoms with van der Waals surface area (Å²) < 4.78 is 0. The molecule has 0 radical (unpaired) electrons. The Kier molecular flexibility index (Phi) is 4.41. The molecule has 0 spiro atoms. The first-order chi connectivity index (χ1) is 7.55. The predicted molar refractivity (Wildman–Crippen MR) is 54.0 cm³/mol. The van der Waals surface area contributed by atoms with Gasteiger partial charge in [0, 0.05) is 6.92 Å². The summed E-state index contributed by atoms with van der Waals surface area (Å²) in [7, 11) is 0. The molecule has 96 valence electrons. The molecule has 0 fully saturated rings. The van der Waals surface area contributed by atoms with E-state index in [1.165, 1.54) is 0 Å². The molecule has 0 saturated heterocycles. The molecule has 0 aliphatic carbocycles. The fourth-order valence-electron chi connectivity index (χ4n) is 1.47. The van der Waals surface area contributed by atoms with Crippen LogP contribution in [-0.4, -0.2) is 56.3 Å². The second-order valence-electron chi connectivity index (χ2n) is 3.73. The molecule has 0 aromatic carbocycles. The molecule has 0 amide bonds. The molecular formula is C10H14O7. The Morgan fingerprint density at radius 3 is 1.47 bits per heavy atom. The summed E-state index contributed by atoms with van der Waals surface area (Å²) in [6, 6.07) is 0. The summed E-state index contributed by atoms with van der Waals surface area (Å²) in [4.78, 5) is 44.8. The third kappa shape index (κ3) is 2.17. The second-order valence-corrected chi connectivity index (χ2v) is 3.73. The summed E-state index contributed by atoms with van der Waals surface area (Å²) in [6.45, 7) is 0.871.